The van der Waals surface area contributed by atoms with Crippen molar-refractivity contribution in [3.8, 4) is 12.3 Å². The first-order chi connectivity index (χ1) is 3.85. The fraction of sp³-hybridized carbons (Fsp3) is 0.625. The van der Waals surface area contributed by atoms with Crippen molar-refractivity contribution < 1.29 is 0 Å². The Hall–Kier alpha value is -0.440. The maximum Gasteiger partial charge on any atom is 0.0474 e. The zero-order chi connectivity index (χ0) is 6.41. The number of rotatable bonds is 3. The molecule has 0 nitrogen and oxygen atoms in total. The normalized spacial score (nSPS) is 9.25. The van der Waals surface area contributed by atoms with Gasteiger partial charge in [-0.15, -0.1) is 6.42 Å². The Morgan fingerprint density at radius 3 is 2.25 bits per heavy atom. The van der Waals surface area contributed by atoms with Gasteiger partial charge in [-0.3, -0.25) is 0 Å². The quantitative estimate of drug-likeness (QED) is 0.488. The molecule has 8 heavy (non-hydrogen) atoms. The van der Waals surface area contributed by atoms with E-state index in [0.29, 0.717) is 0 Å². The van der Waals surface area contributed by atoms with Crippen molar-refractivity contribution in [3.05, 3.63) is 5.92 Å². The van der Waals surface area contributed by atoms with E-state index in [1.54, 1.807) is 0 Å². The van der Waals surface area contributed by atoms with Crippen LogP contribution in [0.3, 0.4) is 0 Å². The van der Waals surface area contributed by atoms with E-state index in [2.05, 4.69) is 19.8 Å². The second-order valence-electron chi connectivity index (χ2n) is 1.85. The van der Waals surface area contributed by atoms with E-state index in [1.165, 1.54) is 12.3 Å². The highest BCUT2D eigenvalue weighted by Crippen LogP contribution is 2.10. The average Bonchev–Trinajstić information content (AvgIpc) is 1.83. The summed E-state index contributed by atoms with van der Waals surface area (Å²) < 4.78 is 0. The van der Waals surface area contributed by atoms with Crippen molar-refractivity contribution in [2.24, 2.45) is 0 Å². The molecule has 0 aliphatic heterocycles. The Morgan fingerprint density at radius 1 is 1.50 bits per heavy atom. The number of terminal acetylenes is 1. The highest BCUT2D eigenvalue weighted by molar-refractivity contribution is 5.15. The first kappa shape index (κ1) is 7.56. The first-order valence-electron chi connectivity index (χ1n) is 3.16. The summed E-state index contributed by atoms with van der Waals surface area (Å²) in [6, 6.07) is 0. The molecule has 0 aromatic carbocycles. The Balaban J connectivity index is 3.26. The zero-order valence-electron chi connectivity index (χ0n) is 5.70. The molecule has 0 aliphatic rings. The maximum atomic E-state index is 5.18. The van der Waals surface area contributed by atoms with E-state index in [1.807, 2.05) is 0 Å². The Bertz CT molecular complexity index is 76.5. The van der Waals surface area contributed by atoms with E-state index < -0.39 is 0 Å². The molecule has 0 bridgehead atoms. The van der Waals surface area contributed by atoms with E-state index in [9.17, 15) is 0 Å². The van der Waals surface area contributed by atoms with Gasteiger partial charge in [0.25, 0.3) is 0 Å². The minimum absolute atomic E-state index is 1.05. The van der Waals surface area contributed by atoms with Crippen LogP contribution in [0.1, 0.15) is 33.1 Å². The van der Waals surface area contributed by atoms with Crippen molar-refractivity contribution >= 4 is 0 Å². The molecule has 45 valence electrons. The van der Waals surface area contributed by atoms with Crippen molar-refractivity contribution in [1.82, 2.24) is 0 Å². The third-order valence-electron chi connectivity index (χ3n) is 1.18. The summed E-state index contributed by atoms with van der Waals surface area (Å²) >= 11 is 0. The van der Waals surface area contributed by atoms with Crippen LogP contribution in [0.2, 0.25) is 0 Å². The first-order valence-corrected chi connectivity index (χ1v) is 3.16. The van der Waals surface area contributed by atoms with Crippen LogP contribution in [0.4, 0.5) is 0 Å². The van der Waals surface area contributed by atoms with Crippen LogP contribution in [0.5, 0.6) is 0 Å². The van der Waals surface area contributed by atoms with Gasteiger partial charge < -0.3 is 0 Å². The third-order valence-corrected chi connectivity index (χ3v) is 1.18. The van der Waals surface area contributed by atoms with Crippen molar-refractivity contribution in [1.29, 1.82) is 0 Å². The molecule has 0 saturated heterocycles. The van der Waals surface area contributed by atoms with Crippen LogP contribution in [0, 0.1) is 18.3 Å². The highest BCUT2D eigenvalue weighted by atomic mass is 14.0. The third kappa shape index (κ3) is 2.69. The molecule has 0 aliphatic carbocycles. The van der Waals surface area contributed by atoms with Gasteiger partial charge in [0.15, 0.2) is 0 Å². The molecule has 0 unspecified atom stereocenters. The molecule has 0 aromatic rings. The van der Waals surface area contributed by atoms with Gasteiger partial charge in [-0.1, -0.05) is 26.2 Å². The van der Waals surface area contributed by atoms with E-state index >= 15 is 0 Å². The van der Waals surface area contributed by atoms with E-state index in [0.717, 1.165) is 12.8 Å². The summed E-state index contributed by atoms with van der Waals surface area (Å²) in [7, 11) is 0. The van der Waals surface area contributed by atoms with Crippen LogP contribution < -0.4 is 0 Å². The van der Waals surface area contributed by atoms with Gasteiger partial charge in [0.05, 0.1) is 0 Å². The highest BCUT2D eigenvalue weighted by Gasteiger charge is 1.97. The fourth-order valence-corrected chi connectivity index (χ4v) is 0.653. The van der Waals surface area contributed by atoms with Crippen molar-refractivity contribution in [3.63, 3.8) is 0 Å². The topological polar surface area (TPSA) is 0 Å². The van der Waals surface area contributed by atoms with Crippen molar-refractivity contribution in [2.75, 3.05) is 0 Å². The lowest BCUT2D eigenvalue weighted by Crippen LogP contribution is -1.88. The second kappa shape index (κ2) is 4.71. The van der Waals surface area contributed by atoms with Gasteiger partial charge in [0.2, 0.25) is 0 Å². The zero-order valence-corrected chi connectivity index (χ0v) is 5.70. The van der Waals surface area contributed by atoms with Gasteiger partial charge in [-0.05, 0) is 12.8 Å². The molecule has 0 N–H and O–H groups in total. The molecule has 0 spiro atoms. The minimum Gasteiger partial charge on any atom is -0.119 e. The van der Waals surface area contributed by atoms with Crippen molar-refractivity contribution in [2.45, 2.75) is 33.1 Å². The van der Waals surface area contributed by atoms with Gasteiger partial charge in [0.1, 0.15) is 0 Å². The summed E-state index contributed by atoms with van der Waals surface area (Å²) in [6.45, 7) is 4.25. The van der Waals surface area contributed by atoms with Crippen LogP contribution in [0.15, 0.2) is 0 Å². The van der Waals surface area contributed by atoms with E-state index in [-0.39, 0.29) is 0 Å². The molecule has 1 radical (unpaired) electrons. The van der Waals surface area contributed by atoms with Crippen LogP contribution in [0.25, 0.3) is 0 Å². The van der Waals surface area contributed by atoms with Crippen LogP contribution >= 0.6 is 0 Å². The molecule has 0 fully saturated rings. The number of hydrogen-bond acceptors (Lipinski definition) is 0. The Labute approximate surface area is 52.3 Å². The Kier molecular flexibility index (Phi) is 4.45. The summed E-state index contributed by atoms with van der Waals surface area (Å²) in [5.74, 6) is 3.91. The lowest BCUT2D eigenvalue weighted by atomic mass is 10.0. The largest absolute Gasteiger partial charge is 0.119 e. The summed E-state index contributed by atoms with van der Waals surface area (Å²) in [6.07, 6.45) is 8.51. The molecule has 0 heterocycles. The summed E-state index contributed by atoms with van der Waals surface area (Å²) in [5, 5.41) is 0. The maximum absolute atomic E-state index is 5.18. The molecule has 0 saturated carbocycles. The van der Waals surface area contributed by atoms with Gasteiger partial charge in [-0.2, -0.15) is 0 Å². The van der Waals surface area contributed by atoms with Crippen LogP contribution in [-0.2, 0) is 0 Å². The SMILES string of the molecule is C#C[C](CC)CCC. The Morgan fingerprint density at radius 2 is 2.12 bits per heavy atom. The van der Waals surface area contributed by atoms with Gasteiger partial charge in [-0.25, -0.2) is 0 Å². The molecular formula is C8H13. The summed E-state index contributed by atoms with van der Waals surface area (Å²) in [4.78, 5) is 0. The monoisotopic (exact) mass is 109 g/mol. The van der Waals surface area contributed by atoms with Gasteiger partial charge >= 0.3 is 0 Å². The molecule has 0 heteroatoms. The van der Waals surface area contributed by atoms with E-state index in [4.69, 9.17) is 6.42 Å². The molecule has 0 atom stereocenters. The molecule has 0 amide bonds. The predicted molar refractivity (Wildman–Crippen MR) is 37.3 cm³/mol. The lowest BCUT2D eigenvalue weighted by Gasteiger charge is -2.00. The standard InChI is InChI=1S/C8H13/c1-4-7-8(5-2)6-3/h2H,4,6-7H2,1,3H3. The lowest BCUT2D eigenvalue weighted by molar-refractivity contribution is 0.796. The fourth-order valence-electron chi connectivity index (χ4n) is 0.653. The molecule has 0 rings (SSSR count). The summed E-state index contributed by atoms with van der Waals surface area (Å²) in [5.41, 5.74) is 0. The van der Waals surface area contributed by atoms with Crippen LogP contribution in [-0.4, -0.2) is 0 Å². The molecule has 0 aromatic heterocycles. The average molecular weight is 109 g/mol. The molecular weight excluding hydrogens is 96.1 g/mol. The predicted octanol–water partition coefficient (Wildman–Crippen LogP) is 2.40. The smallest absolute Gasteiger partial charge is 0.0474 e. The van der Waals surface area contributed by atoms with Gasteiger partial charge in [0, 0.05) is 5.92 Å². The minimum atomic E-state index is 1.05. The number of hydrogen-bond donors (Lipinski definition) is 0. The second-order valence-corrected chi connectivity index (χ2v) is 1.85.